The highest BCUT2D eigenvalue weighted by molar-refractivity contribution is 6.31. The quantitative estimate of drug-likeness (QED) is 0.667. The number of aromatic nitrogens is 2. The van der Waals surface area contributed by atoms with Crippen LogP contribution in [0.5, 0.6) is 0 Å². The van der Waals surface area contributed by atoms with E-state index in [1.165, 1.54) is 0 Å². The molecule has 0 aliphatic carbocycles. The number of carbonyl (C=O) groups is 1. The second kappa shape index (κ2) is 7.75. The van der Waals surface area contributed by atoms with Crippen molar-refractivity contribution in [1.29, 1.82) is 0 Å². The van der Waals surface area contributed by atoms with Gasteiger partial charge in [-0.05, 0) is 31.0 Å². The molecule has 0 bridgehead atoms. The number of halogens is 1. The average molecular weight is 368 g/mol. The molecule has 0 fully saturated rings. The Morgan fingerprint density at radius 1 is 1.08 bits per heavy atom. The van der Waals surface area contributed by atoms with Gasteiger partial charge in [0.25, 0.3) is 5.91 Å². The zero-order valence-corrected chi connectivity index (χ0v) is 16.0. The van der Waals surface area contributed by atoms with Crippen LogP contribution in [0.15, 0.2) is 54.6 Å². The Bertz CT molecular complexity index is 918. The largest absolute Gasteiger partial charge is 0.337 e. The maximum atomic E-state index is 13.0. The predicted octanol–water partition coefficient (Wildman–Crippen LogP) is 4.47. The van der Waals surface area contributed by atoms with Crippen LogP contribution < -0.4 is 0 Å². The molecule has 1 heterocycles. The molecule has 3 aromatic rings. The summed E-state index contributed by atoms with van der Waals surface area (Å²) in [6.07, 6.45) is 0. The van der Waals surface area contributed by atoms with E-state index in [0.717, 1.165) is 22.5 Å². The van der Waals surface area contributed by atoms with Crippen LogP contribution in [-0.4, -0.2) is 27.6 Å². The van der Waals surface area contributed by atoms with Crippen LogP contribution >= 0.6 is 11.6 Å². The summed E-state index contributed by atoms with van der Waals surface area (Å²) in [5.41, 5.74) is 4.37. The molecule has 0 atom stereocenters. The van der Waals surface area contributed by atoms with Crippen LogP contribution in [0.2, 0.25) is 5.02 Å². The zero-order chi connectivity index (χ0) is 18.7. The summed E-state index contributed by atoms with van der Waals surface area (Å²) in [7, 11) is 1.79. The molecule has 0 aliphatic rings. The fourth-order valence-electron chi connectivity index (χ4n) is 3.06. The maximum Gasteiger partial charge on any atom is 0.257 e. The van der Waals surface area contributed by atoms with Crippen LogP contribution in [0.1, 0.15) is 32.9 Å². The molecule has 4 nitrogen and oxygen atoms in total. The molecule has 1 aromatic heterocycles. The smallest absolute Gasteiger partial charge is 0.257 e. The van der Waals surface area contributed by atoms with Crippen molar-refractivity contribution < 1.29 is 4.79 Å². The van der Waals surface area contributed by atoms with Gasteiger partial charge in [0.05, 0.1) is 17.8 Å². The Kier molecular flexibility index (Phi) is 5.43. The molecule has 0 unspecified atom stereocenters. The van der Waals surface area contributed by atoms with Crippen LogP contribution in [0.25, 0.3) is 0 Å². The molecule has 0 saturated carbocycles. The van der Waals surface area contributed by atoms with Gasteiger partial charge in [0.15, 0.2) is 0 Å². The Balaban J connectivity index is 1.82. The molecule has 0 N–H and O–H groups in total. The Morgan fingerprint density at radius 3 is 2.42 bits per heavy atom. The van der Waals surface area contributed by atoms with E-state index < -0.39 is 0 Å². The van der Waals surface area contributed by atoms with Crippen molar-refractivity contribution in [2.75, 3.05) is 7.05 Å². The average Bonchev–Trinajstić information content (AvgIpc) is 2.90. The number of hydrogen-bond acceptors (Lipinski definition) is 2. The molecular formula is C21H22ClN3O. The molecule has 2 aromatic carbocycles. The second-order valence-electron chi connectivity index (χ2n) is 6.44. The third-order valence-electron chi connectivity index (χ3n) is 4.48. The van der Waals surface area contributed by atoms with Crippen LogP contribution in [-0.2, 0) is 13.1 Å². The first-order chi connectivity index (χ1) is 12.5. The molecule has 0 spiro atoms. The van der Waals surface area contributed by atoms with Gasteiger partial charge in [-0.3, -0.25) is 9.48 Å². The predicted molar refractivity (Wildman–Crippen MR) is 104 cm³/mol. The molecule has 1 amide bonds. The van der Waals surface area contributed by atoms with Crippen molar-refractivity contribution >= 4 is 17.5 Å². The van der Waals surface area contributed by atoms with E-state index in [4.69, 9.17) is 11.6 Å². The van der Waals surface area contributed by atoms with Gasteiger partial charge >= 0.3 is 0 Å². The van der Waals surface area contributed by atoms with Gasteiger partial charge in [0.1, 0.15) is 0 Å². The summed E-state index contributed by atoms with van der Waals surface area (Å²) in [6.45, 7) is 4.93. The first-order valence-electron chi connectivity index (χ1n) is 8.54. The Labute approximate surface area is 159 Å². The summed E-state index contributed by atoms with van der Waals surface area (Å²) in [6, 6.07) is 17.7. The molecule has 0 aliphatic heterocycles. The number of hydrogen-bond donors (Lipinski definition) is 0. The minimum atomic E-state index is -0.0424. The Morgan fingerprint density at radius 2 is 1.73 bits per heavy atom. The van der Waals surface area contributed by atoms with E-state index in [2.05, 4.69) is 17.2 Å². The SMILES string of the molecule is Cc1nn(Cc2ccccc2)c(C)c1C(=O)N(C)Cc1ccccc1Cl. The molecule has 0 radical (unpaired) electrons. The summed E-state index contributed by atoms with van der Waals surface area (Å²) >= 11 is 6.22. The molecule has 0 saturated heterocycles. The third-order valence-corrected chi connectivity index (χ3v) is 4.85. The lowest BCUT2D eigenvalue weighted by atomic mass is 10.1. The van der Waals surface area contributed by atoms with Gasteiger partial charge in [-0.1, -0.05) is 60.1 Å². The van der Waals surface area contributed by atoms with E-state index >= 15 is 0 Å². The van der Waals surface area contributed by atoms with Crippen molar-refractivity contribution in [3.63, 3.8) is 0 Å². The molecule has 134 valence electrons. The minimum Gasteiger partial charge on any atom is -0.337 e. The Hall–Kier alpha value is -2.59. The summed E-state index contributed by atoms with van der Waals surface area (Å²) in [4.78, 5) is 14.7. The van der Waals surface area contributed by atoms with Crippen molar-refractivity contribution in [2.24, 2.45) is 0 Å². The van der Waals surface area contributed by atoms with Crippen molar-refractivity contribution in [3.8, 4) is 0 Å². The highest BCUT2D eigenvalue weighted by atomic mass is 35.5. The number of amides is 1. The minimum absolute atomic E-state index is 0.0424. The van der Waals surface area contributed by atoms with Crippen molar-refractivity contribution in [2.45, 2.75) is 26.9 Å². The number of benzene rings is 2. The molecular weight excluding hydrogens is 346 g/mol. The normalized spacial score (nSPS) is 10.8. The van der Waals surface area contributed by atoms with Crippen LogP contribution in [0.3, 0.4) is 0 Å². The fraction of sp³-hybridized carbons (Fsp3) is 0.238. The monoisotopic (exact) mass is 367 g/mol. The van der Waals surface area contributed by atoms with Gasteiger partial charge in [0, 0.05) is 24.3 Å². The maximum absolute atomic E-state index is 13.0. The van der Waals surface area contributed by atoms with Gasteiger partial charge in [-0.2, -0.15) is 5.10 Å². The van der Waals surface area contributed by atoms with Gasteiger partial charge in [0.2, 0.25) is 0 Å². The number of rotatable bonds is 5. The highest BCUT2D eigenvalue weighted by Crippen LogP contribution is 2.20. The number of nitrogens with zero attached hydrogens (tertiary/aromatic N) is 3. The highest BCUT2D eigenvalue weighted by Gasteiger charge is 2.22. The van der Waals surface area contributed by atoms with Crippen LogP contribution in [0.4, 0.5) is 0 Å². The zero-order valence-electron chi connectivity index (χ0n) is 15.2. The van der Waals surface area contributed by atoms with Gasteiger partial charge < -0.3 is 4.90 Å². The first kappa shape index (κ1) is 18.2. The lowest BCUT2D eigenvalue weighted by Gasteiger charge is -2.18. The topological polar surface area (TPSA) is 38.1 Å². The van der Waals surface area contributed by atoms with Gasteiger partial charge in [-0.15, -0.1) is 0 Å². The standard InChI is InChI=1S/C21H22ClN3O/c1-15-20(16(2)25(23-15)13-17-9-5-4-6-10-17)21(26)24(3)14-18-11-7-8-12-19(18)22/h4-12H,13-14H2,1-3H3. The number of aryl methyl sites for hydroxylation is 1. The first-order valence-corrected chi connectivity index (χ1v) is 8.92. The van der Waals surface area contributed by atoms with Crippen LogP contribution in [0, 0.1) is 13.8 Å². The van der Waals surface area contributed by atoms with E-state index in [1.54, 1.807) is 11.9 Å². The van der Waals surface area contributed by atoms with E-state index in [-0.39, 0.29) is 5.91 Å². The fourth-order valence-corrected chi connectivity index (χ4v) is 3.26. The lowest BCUT2D eigenvalue weighted by Crippen LogP contribution is -2.27. The third kappa shape index (κ3) is 3.81. The molecule has 3 rings (SSSR count). The van der Waals surface area contributed by atoms with E-state index in [0.29, 0.717) is 23.7 Å². The van der Waals surface area contributed by atoms with E-state index in [9.17, 15) is 4.79 Å². The summed E-state index contributed by atoms with van der Waals surface area (Å²) in [5, 5.41) is 5.24. The van der Waals surface area contributed by atoms with Crippen molar-refractivity contribution in [1.82, 2.24) is 14.7 Å². The van der Waals surface area contributed by atoms with Gasteiger partial charge in [-0.25, -0.2) is 0 Å². The molecule has 5 heteroatoms. The summed E-state index contributed by atoms with van der Waals surface area (Å²) < 4.78 is 1.89. The van der Waals surface area contributed by atoms with Crippen molar-refractivity contribution in [3.05, 3.63) is 87.7 Å². The number of carbonyl (C=O) groups excluding carboxylic acids is 1. The molecule has 26 heavy (non-hydrogen) atoms. The van der Waals surface area contributed by atoms with E-state index in [1.807, 2.05) is 61.0 Å². The lowest BCUT2D eigenvalue weighted by molar-refractivity contribution is 0.0783. The second-order valence-corrected chi connectivity index (χ2v) is 6.85. The summed E-state index contributed by atoms with van der Waals surface area (Å²) in [5.74, 6) is -0.0424.